The first-order valence-electron chi connectivity index (χ1n) is 6.36. The largest absolute Gasteiger partial charge is 0.436 e. The molecule has 1 heterocycles. The van der Waals surface area contributed by atoms with Crippen molar-refractivity contribution in [3.63, 3.8) is 0 Å². The third-order valence-electron chi connectivity index (χ3n) is 2.56. The van der Waals surface area contributed by atoms with Crippen molar-refractivity contribution in [1.29, 1.82) is 0 Å². The van der Waals surface area contributed by atoms with E-state index in [1.165, 1.54) is 0 Å². The normalized spacial score (nSPS) is 10.6. The molecule has 0 spiro atoms. The van der Waals surface area contributed by atoms with Gasteiger partial charge in [-0.25, -0.2) is 0 Å². The van der Waals surface area contributed by atoms with Crippen LogP contribution in [0.15, 0.2) is 30.3 Å². The Labute approximate surface area is 128 Å². The first-order chi connectivity index (χ1) is 9.70. The van der Waals surface area contributed by atoms with E-state index in [1.807, 2.05) is 6.07 Å². The SMILES string of the molecule is CCCNCc1ccc(Oc2cccc(Cl)c2Cl)nn1. The molecule has 0 aliphatic rings. The zero-order valence-corrected chi connectivity index (χ0v) is 12.6. The molecule has 0 aliphatic carbocycles. The van der Waals surface area contributed by atoms with Crippen LogP contribution >= 0.6 is 23.2 Å². The third kappa shape index (κ3) is 4.07. The van der Waals surface area contributed by atoms with Crippen molar-refractivity contribution in [2.24, 2.45) is 0 Å². The first-order valence-corrected chi connectivity index (χ1v) is 7.11. The van der Waals surface area contributed by atoms with Gasteiger partial charge in [-0.2, -0.15) is 5.10 Å². The van der Waals surface area contributed by atoms with Gasteiger partial charge >= 0.3 is 0 Å². The molecule has 2 aromatic rings. The molecule has 106 valence electrons. The topological polar surface area (TPSA) is 47.0 Å². The molecule has 1 aromatic heterocycles. The van der Waals surface area contributed by atoms with E-state index in [1.54, 1.807) is 24.3 Å². The van der Waals surface area contributed by atoms with E-state index >= 15 is 0 Å². The molecule has 0 atom stereocenters. The minimum Gasteiger partial charge on any atom is -0.436 e. The van der Waals surface area contributed by atoms with Crippen LogP contribution in [0.4, 0.5) is 0 Å². The maximum absolute atomic E-state index is 6.04. The lowest BCUT2D eigenvalue weighted by molar-refractivity contribution is 0.453. The minimum absolute atomic E-state index is 0.365. The van der Waals surface area contributed by atoms with Crippen molar-refractivity contribution >= 4 is 23.2 Å². The molecular formula is C14H15Cl2N3O. The van der Waals surface area contributed by atoms with E-state index < -0.39 is 0 Å². The van der Waals surface area contributed by atoms with Crippen LogP contribution in [0, 0.1) is 0 Å². The molecule has 2 rings (SSSR count). The maximum atomic E-state index is 6.04. The fourth-order valence-electron chi connectivity index (χ4n) is 1.57. The molecule has 1 N–H and O–H groups in total. The van der Waals surface area contributed by atoms with Gasteiger partial charge in [-0.1, -0.05) is 36.2 Å². The monoisotopic (exact) mass is 311 g/mol. The maximum Gasteiger partial charge on any atom is 0.238 e. The van der Waals surface area contributed by atoms with Crippen LogP contribution in [-0.2, 0) is 6.54 Å². The molecule has 0 saturated carbocycles. The molecule has 20 heavy (non-hydrogen) atoms. The van der Waals surface area contributed by atoms with Crippen LogP contribution in [0.1, 0.15) is 19.0 Å². The Morgan fingerprint density at radius 1 is 1.15 bits per heavy atom. The number of aromatic nitrogens is 2. The van der Waals surface area contributed by atoms with E-state index in [-0.39, 0.29) is 0 Å². The van der Waals surface area contributed by atoms with Crippen LogP contribution < -0.4 is 10.1 Å². The number of ether oxygens (including phenoxy) is 1. The van der Waals surface area contributed by atoms with Gasteiger partial charge in [0.1, 0.15) is 10.8 Å². The highest BCUT2D eigenvalue weighted by molar-refractivity contribution is 6.42. The molecule has 6 heteroatoms. The zero-order valence-electron chi connectivity index (χ0n) is 11.1. The van der Waals surface area contributed by atoms with Crippen LogP contribution in [0.25, 0.3) is 0 Å². The number of nitrogens with zero attached hydrogens (tertiary/aromatic N) is 2. The molecule has 0 amide bonds. The van der Waals surface area contributed by atoms with E-state index in [9.17, 15) is 0 Å². The van der Waals surface area contributed by atoms with Crippen LogP contribution in [0.5, 0.6) is 11.6 Å². The van der Waals surface area contributed by atoms with Gasteiger partial charge in [0.2, 0.25) is 5.88 Å². The second-order valence-corrected chi connectivity index (χ2v) is 4.98. The van der Waals surface area contributed by atoms with Crippen molar-refractivity contribution < 1.29 is 4.74 Å². The Balaban J connectivity index is 2.01. The van der Waals surface area contributed by atoms with Gasteiger partial charge in [-0.05, 0) is 31.2 Å². The van der Waals surface area contributed by atoms with Crippen molar-refractivity contribution in [3.8, 4) is 11.6 Å². The summed E-state index contributed by atoms with van der Waals surface area (Å²) in [6, 6.07) is 8.81. The van der Waals surface area contributed by atoms with Crippen LogP contribution in [0.3, 0.4) is 0 Å². The van der Waals surface area contributed by atoms with Gasteiger partial charge < -0.3 is 10.1 Å². The highest BCUT2D eigenvalue weighted by Crippen LogP contribution is 2.33. The predicted molar refractivity (Wildman–Crippen MR) is 80.6 cm³/mol. The summed E-state index contributed by atoms with van der Waals surface area (Å²) < 4.78 is 5.56. The van der Waals surface area contributed by atoms with Gasteiger partial charge in [0, 0.05) is 12.6 Å². The summed E-state index contributed by atoms with van der Waals surface area (Å²) in [5.74, 6) is 0.846. The number of hydrogen-bond donors (Lipinski definition) is 1. The standard InChI is InChI=1S/C14H15Cl2N3O/c1-2-8-17-9-10-6-7-13(19-18-10)20-12-5-3-4-11(15)14(12)16/h3-7,17H,2,8-9H2,1H3. The van der Waals surface area contributed by atoms with Gasteiger partial charge in [-0.15, -0.1) is 5.10 Å². The van der Waals surface area contributed by atoms with Crippen molar-refractivity contribution in [3.05, 3.63) is 46.1 Å². The van der Waals surface area contributed by atoms with Crippen molar-refractivity contribution in [1.82, 2.24) is 15.5 Å². The molecule has 4 nitrogen and oxygen atoms in total. The number of benzene rings is 1. The number of nitrogens with one attached hydrogen (secondary N) is 1. The predicted octanol–water partition coefficient (Wildman–Crippen LogP) is 4.08. The molecular weight excluding hydrogens is 297 g/mol. The minimum atomic E-state index is 0.365. The average molecular weight is 312 g/mol. The van der Waals surface area contributed by atoms with Gasteiger partial charge in [0.15, 0.2) is 0 Å². The Bertz CT molecular complexity index is 561. The molecule has 0 aliphatic heterocycles. The summed E-state index contributed by atoms with van der Waals surface area (Å²) in [4.78, 5) is 0. The van der Waals surface area contributed by atoms with E-state index in [2.05, 4.69) is 22.4 Å². The molecule has 0 radical (unpaired) electrons. The van der Waals surface area contributed by atoms with Crippen molar-refractivity contribution in [2.75, 3.05) is 6.54 Å². The summed E-state index contributed by atoms with van der Waals surface area (Å²) in [5.41, 5.74) is 0.864. The first kappa shape index (κ1) is 15.0. The fraction of sp³-hybridized carbons (Fsp3) is 0.286. The third-order valence-corrected chi connectivity index (χ3v) is 3.36. The lowest BCUT2D eigenvalue weighted by Gasteiger charge is -2.07. The van der Waals surface area contributed by atoms with E-state index in [0.29, 0.717) is 28.2 Å². The van der Waals surface area contributed by atoms with Crippen molar-refractivity contribution in [2.45, 2.75) is 19.9 Å². The number of halogens is 2. The van der Waals surface area contributed by atoms with Crippen LogP contribution in [0.2, 0.25) is 10.0 Å². The quantitative estimate of drug-likeness (QED) is 0.817. The highest BCUT2D eigenvalue weighted by atomic mass is 35.5. The fourth-order valence-corrected chi connectivity index (χ4v) is 1.90. The van der Waals surface area contributed by atoms with Gasteiger partial charge in [0.05, 0.1) is 10.7 Å². The summed E-state index contributed by atoms with van der Waals surface area (Å²) in [7, 11) is 0. The average Bonchev–Trinajstić information content (AvgIpc) is 2.46. The van der Waals surface area contributed by atoms with Gasteiger partial charge in [0.25, 0.3) is 0 Å². The second-order valence-electron chi connectivity index (χ2n) is 4.19. The van der Waals surface area contributed by atoms with Gasteiger partial charge in [-0.3, -0.25) is 0 Å². The Hall–Kier alpha value is -1.36. The number of hydrogen-bond acceptors (Lipinski definition) is 4. The summed E-state index contributed by atoms with van der Waals surface area (Å²) >= 11 is 12.0. The van der Waals surface area contributed by atoms with E-state index in [4.69, 9.17) is 27.9 Å². The summed E-state index contributed by atoms with van der Waals surface area (Å²) in [6.45, 7) is 3.77. The molecule has 0 fully saturated rings. The zero-order chi connectivity index (χ0) is 14.4. The lowest BCUT2D eigenvalue weighted by Crippen LogP contribution is -2.15. The highest BCUT2D eigenvalue weighted by Gasteiger charge is 2.07. The second kappa shape index (κ2) is 7.43. The molecule has 0 unspecified atom stereocenters. The Kier molecular flexibility index (Phi) is 5.59. The molecule has 0 bridgehead atoms. The molecule has 0 saturated heterocycles. The van der Waals surface area contributed by atoms with Crippen LogP contribution in [-0.4, -0.2) is 16.7 Å². The van der Waals surface area contributed by atoms with E-state index in [0.717, 1.165) is 18.7 Å². The smallest absolute Gasteiger partial charge is 0.238 e. The lowest BCUT2D eigenvalue weighted by atomic mass is 10.3. The summed E-state index contributed by atoms with van der Waals surface area (Å²) in [6.07, 6.45) is 1.09. The molecule has 1 aromatic carbocycles. The summed E-state index contributed by atoms with van der Waals surface area (Å²) in [5, 5.41) is 12.2. The Morgan fingerprint density at radius 3 is 2.70 bits per heavy atom. The Morgan fingerprint density at radius 2 is 2.00 bits per heavy atom. The number of rotatable bonds is 6.